The third-order valence-electron chi connectivity index (χ3n) is 2.71. The van der Waals surface area contributed by atoms with Gasteiger partial charge in [0, 0.05) is 17.7 Å². The lowest BCUT2D eigenvalue weighted by atomic mass is 10.2. The molecular formula is C12H21NS. The Kier molecular flexibility index (Phi) is 5.44. The Hall–Kier alpha value is -0.130. The van der Waals surface area contributed by atoms with E-state index in [1.807, 2.05) is 11.8 Å². The van der Waals surface area contributed by atoms with E-state index in [1.165, 1.54) is 19.3 Å². The van der Waals surface area contributed by atoms with Crippen molar-refractivity contribution >= 4 is 11.8 Å². The second-order valence-corrected chi connectivity index (χ2v) is 4.95. The lowest BCUT2D eigenvalue weighted by Crippen LogP contribution is -2.39. The maximum Gasteiger partial charge on any atom is 0.0663 e. The van der Waals surface area contributed by atoms with E-state index in [-0.39, 0.29) is 0 Å². The first kappa shape index (κ1) is 11.9. The zero-order valence-corrected chi connectivity index (χ0v) is 10.3. The molecule has 1 aliphatic carbocycles. The molecule has 0 aromatic rings. The van der Waals surface area contributed by atoms with Gasteiger partial charge < -0.3 is 5.32 Å². The van der Waals surface area contributed by atoms with Crippen LogP contribution in [-0.2, 0) is 0 Å². The van der Waals surface area contributed by atoms with Gasteiger partial charge in [0.25, 0.3) is 0 Å². The number of hydrogen-bond acceptors (Lipinski definition) is 2. The van der Waals surface area contributed by atoms with E-state index in [0.29, 0.717) is 12.1 Å². The molecule has 1 rings (SSSR count). The molecule has 0 spiro atoms. The third kappa shape index (κ3) is 3.55. The van der Waals surface area contributed by atoms with Crippen LogP contribution in [0.1, 0.15) is 39.5 Å². The molecule has 0 amide bonds. The Labute approximate surface area is 92.4 Å². The molecule has 80 valence electrons. The van der Waals surface area contributed by atoms with Crippen LogP contribution in [0.2, 0.25) is 0 Å². The van der Waals surface area contributed by atoms with Crippen molar-refractivity contribution in [1.82, 2.24) is 5.32 Å². The summed E-state index contributed by atoms with van der Waals surface area (Å²) in [5.74, 6) is 6.37. The van der Waals surface area contributed by atoms with Crippen LogP contribution in [0.15, 0.2) is 0 Å². The van der Waals surface area contributed by atoms with Crippen molar-refractivity contribution in [1.29, 1.82) is 0 Å². The van der Waals surface area contributed by atoms with Crippen molar-refractivity contribution in [3.8, 4) is 11.8 Å². The van der Waals surface area contributed by atoms with Gasteiger partial charge >= 0.3 is 0 Å². The summed E-state index contributed by atoms with van der Waals surface area (Å²) in [6.07, 6.45) is 7.24. The average Bonchev–Trinajstić information content (AvgIpc) is 2.62. The molecule has 14 heavy (non-hydrogen) atoms. The minimum Gasteiger partial charge on any atom is -0.300 e. The number of nitrogens with one attached hydrogen (secondary N) is 1. The molecule has 1 saturated carbocycles. The van der Waals surface area contributed by atoms with Crippen LogP contribution in [0.4, 0.5) is 0 Å². The second-order valence-electron chi connectivity index (χ2n) is 3.87. The highest BCUT2D eigenvalue weighted by atomic mass is 32.2. The van der Waals surface area contributed by atoms with Crippen LogP contribution in [0.5, 0.6) is 0 Å². The molecule has 0 aromatic carbocycles. The molecule has 1 fully saturated rings. The summed E-state index contributed by atoms with van der Waals surface area (Å²) in [7, 11) is 0. The largest absolute Gasteiger partial charge is 0.300 e. The smallest absolute Gasteiger partial charge is 0.0663 e. The SMILES string of the molecule is CCC#CC(C)NC1CCCC1SC. The van der Waals surface area contributed by atoms with Crippen molar-refractivity contribution < 1.29 is 0 Å². The van der Waals surface area contributed by atoms with Gasteiger partial charge in [0.2, 0.25) is 0 Å². The molecular weight excluding hydrogens is 190 g/mol. The van der Waals surface area contributed by atoms with Crippen molar-refractivity contribution in [2.45, 2.75) is 56.9 Å². The van der Waals surface area contributed by atoms with Crippen molar-refractivity contribution in [3.05, 3.63) is 0 Å². The number of hydrogen-bond donors (Lipinski definition) is 1. The monoisotopic (exact) mass is 211 g/mol. The molecule has 0 aliphatic heterocycles. The van der Waals surface area contributed by atoms with Crippen LogP contribution < -0.4 is 5.32 Å². The molecule has 1 aliphatic rings. The van der Waals surface area contributed by atoms with E-state index < -0.39 is 0 Å². The van der Waals surface area contributed by atoms with E-state index in [1.54, 1.807) is 0 Å². The first-order chi connectivity index (χ1) is 6.77. The summed E-state index contributed by atoms with van der Waals surface area (Å²) in [6.45, 7) is 4.26. The summed E-state index contributed by atoms with van der Waals surface area (Å²) in [4.78, 5) is 0. The van der Waals surface area contributed by atoms with E-state index in [2.05, 4.69) is 37.3 Å². The van der Waals surface area contributed by atoms with Gasteiger partial charge in [0.15, 0.2) is 0 Å². The zero-order valence-electron chi connectivity index (χ0n) is 9.47. The number of thioether (sulfide) groups is 1. The zero-order chi connectivity index (χ0) is 10.4. The second kappa shape index (κ2) is 6.37. The molecule has 0 bridgehead atoms. The van der Waals surface area contributed by atoms with Crippen LogP contribution in [0.25, 0.3) is 0 Å². The molecule has 3 unspecified atom stereocenters. The quantitative estimate of drug-likeness (QED) is 0.720. The Morgan fingerprint density at radius 2 is 2.29 bits per heavy atom. The standard InChI is InChI=1S/C12H21NS/c1-4-5-7-10(2)13-11-8-6-9-12(11)14-3/h10-13H,4,6,8-9H2,1-3H3. The molecule has 0 radical (unpaired) electrons. The molecule has 3 atom stereocenters. The minimum absolute atomic E-state index is 0.354. The van der Waals surface area contributed by atoms with Crippen molar-refractivity contribution in [2.24, 2.45) is 0 Å². The van der Waals surface area contributed by atoms with Gasteiger partial charge in [0.1, 0.15) is 0 Å². The Bertz CT molecular complexity index is 216. The maximum absolute atomic E-state index is 3.62. The van der Waals surface area contributed by atoms with Crippen LogP contribution in [0, 0.1) is 11.8 Å². The van der Waals surface area contributed by atoms with Crippen LogP contribution >= 0.6 is 11.8 Å². The van der Waals surface area contributed by atoms with Gasteiger partial charge in [-0.3, -0.25) is 0 Å². The van der Waals surface area contributed by atoms with Gasteiger partial charge in [-0.15, -0.1) is 5.92 Å². The van der Waals surface area contributed by atoms with Crippen LogP contribution in [0.3, 0.4) is 0 Å². The summed E-state index contributed by atoms with van der Waals surface area (Å²) in [5, 5.41) is 4.43. The first-order valence-electron chi connectivity index (χ1n) is 5.55. The summed E-state index contributed by atoms with van der Waals surface area (Å²) in [5.41, 5.74) is 0. The lowest BCUT2D eigenvalue weighted by Gasteiger charge is -2.21. The van der Waals surface area contributed by atoms with E-state index in [4.69, 9.17) is 0 Å². The Morgan fingerprint density at radius 3 is 2.93 bits per heavy atom. The van der Waals surface area contributed by atoms with Gasteiger partial charge in [-0.1, -0.05) is 19.3 Å². The summed E-state index contributed by atoms with van der Waals surface area (Å²) < 4.78 is 0. The predicted octanol–water partition coefficient (Wildman–Crippen LogP) is 2.66. The van der Waals surface area contributed by atoms with Gasteiger partial charge in [-0.2, -0.15) is 11.8 Å². The highest BCUT2D eigenvalue weighted by molar-refractivity contribution is 7.99. The Balaban J connectivity index is 2.35. The highest BCUT2D eigenvalue weighted by Gasteiger charge is 2.26. The molecule has 0 aromatic heterocycles. The summed E-state index contributed by atoms with van der Waals surface area (Å²) >= 11 is 2.00. The van der Waals surface area contributed by atoms with E-state index in [0.717, 1.165) is 11.7 Å². The van der Waals surface area contributed by atoms with Gasteiger partial charge in [-0.05, 0) is 26.0 Å². The number of rotatable bonds is 3. The topological polar surface area (TPSA) is 12.0 Å². The first-order valence-corrected chi connectivity index (χ1v) is 6.84. The molecule has 1 nitrogen and oxygen atoms in total. The Morgan fingerprint density at radius 1 is 1.50 bits per heavy atom. The normalized spacial score (nSPS) is 28.2. The van der Waals surface area contributed by atoms with Gasteiger partial charge in [-0.25, -0.2) is 0 Å². The maximum atomic E-state index is 3.62. The summed E-state index contributed by atoms with van der Waals surface area (Å²) in [6, 6.07) is 1.04. The third-order valence-corrected chi connectivity index (χ3v) is 3.88. The minimum atomic E-state index is 0.354. The molecule has 1 N–H and O–H groups in total. The van der Waals surface area contributed by atoms with E-state index in [9.17, 15) is 0 Å². The van der Waals surface area contributed by atoms with E-state index >= 15 is 0 Å². The fraction of sp³-hybridized carbons (Fsp3) is 0.833. The fourth-order valence-corrected chi connectivity index (χ4v) is 2.96. The molecule has 0 heterocycles. The molecule has 2 heteroatoms. The predicted molar refractivity (Wildman–Crippen MR) is 65.6 cm³/mol. The lowest BCUT2D eigenvalue weighted by molar-refractivity contribution is 0.510. The highest BCUT2D eigenvalue weighted by Crippen LogP contribution is 2.28. The molecule has 0 saturated heterocycles. The van der Waals surface area contributed by atoms with Crippen LogP contribution in [-0.4, -0.2) is 23.6 Å². The van der Waals surface area contributed by atoms with Crippen molar-refractivity contribution in [3.63, 3.8) is 0 Å². The fourth-order valence-electron chi connectivity index (χ4n) is 2.02. The average molecular weight is 211 g/mol. The van der Waals surface area contributed by atoms with Gasteiger partial charge in [0.05, 0.1) is 6.04 Å². The van der Waals surface area contributed by atoms with Crippen molar-refractivity contribution in [2.75, 3.05) is 6.26 Å².